The minimum atomic E-state index is -0.0223. The van der Waals surface area contributed by atoms with Crippen LogP contribution in [0.3, 0.4) is 0 Å². The summed E-state index contributed by atoms with van der Waals surface area (Å²) >= 11 is 0. The lowest BCUT2D eigenvalue weighted by Crippen LogP contribution is -2.25. The Morgan fingerprint density at radius 3 is 3.00 bits per heavy atom. The number of ether oxygens (including phenoxy) is 1. The molecule has 0 atom stereocenters. The molecule has 2 rings (SSSR count). The Balaban J connectivity index is 2.24. The summed E-state index contributed by atoms with van der Waals surface area (Å²) in [4.78, 5) is 24.9. The molecule has 0 saturated heterocycles. The number of benzene rings is 1. The van der Waals surface area contributed by atoms with Crippen molar-refractivity contribution >= 4 is 23.2 Å². The highest BCUT2D eigenvalue weighted by molar-refractivity contribution is 5.97. The van der Waals surface area contributed by atoms with E-state index in [1.54, 1.807) is 30.1 Å². The summed E-state index contributed by atoms with van der Waals surface area (Å²) in [6.45, 7) is 2.34. The van der Waals surface area contributed by atoms with Crippen LogP contribution in [0.5, 0.6) is 5.75 Å². The molecule has 1 aliphatic heterocycles. The topological polar surface area (TPSA) is 58.6 Å². The van der Waals surface area contributed by atoms with Crippen LogP contribution in [-0.2, 0) is 9.59 Å². The lowest BCUT2D eigenvalue weighted by Gasteiger charge is -2.17. The second-order valence-corrected chi connectivity index (χ2v) is 4.53. The maximum atomic E-state index is 11.8. The molecule has 0 bridgehead atoms. The third-order valence-electron chi connectivity index (χ3n) is 3.03. The molecule has 0 saturated carbocycles. The summed E-state index contributed by atoms with van der Waals surface area (Å²) in [5.74, 6) is 0.656. The van der Waals surface area contributed by atoms with E-state index in [0.717, 1.165) is 6.42 Å². The minimum Gasteiger partial charge on any atom is -0.491 e. The first-order valence-corrected chi connectivity index (χ1v) is 6.45. The van der Waals surface area contributed by atoms with Crippen LogP contribution >= 0.6 is 0 Å². The Kier molecular flexibility index (Phi) is 4.04. The number of carbonyl (C=O) groups excluding carboxylic acids is 2. The van der Waals surface area contributed by atoms with Gasteiger partial charge in [0.05, 0.1) is 18.7 Å². The van der Waals surface area contributed by atoms with Gasteiger partial charge in [0, 0.05) is 19.2 Å². The zero-order valence-electron chi connectivity index (χ0n) is 11.2. The summed E-state index contributed by atoms with van der Waals surface area (Å²) in [5, 5.41) is 2.82. The van der Waals surface area contributed by atoms with Crippen LogP contribution in [0.15, 0.2) is 18.2 Å². The molecule has 1 aromatic rings. The van der Waals surface area contributed by atoms with Gasteiger partial charge in [0.15, 0.2) is 0 Å². The summed E-state index contributed by atoms with van der Waals surface area (Å²) in [7, 11) is 1.72. The molecule has 0 radical (unpaired) electrons. The van der Waals surface area contributed by atoms with Crippen molar-refractivity contribution in [1.82, 2.24) is 0 Å². The zero-order valence-corrected chi connectivity index (χ0v) is 11.2. The van der Waals surface area contributed by atoms with Crippen molar-refractivity contribution in [3.63, 3.8) is 0 Å². The number of amides is 2. The third-order valence-corrected chi connectivity index (χ3v) is 3.03. The van der Waals surface area contributed by atoms with Crippen molar-refractivity contribution in [2.75, 3.05) is 23.9 Å². The number of fused-ring (bicyclic) bond motifs is 1. The first-order valence-electron chi connectivity index (χ1n) is 6.45. The molecule has 0 unspecified atom stereocenters. The Labute approximate surface area is 112 Å². The van der Waals surface area contributed by atoms with Gasteiger partial charge in [-0.05, 0) is 24.6 Å². The van der Waals surface area contributed by atoms with Crippen LogP contribution in [0.2, 0.25) is 0 Å². The van der Waals surface area contributed by atoms with Crippen LogP contribution in [0.4, 0.5) is 11.4 Å². The van der Waals surface area contributed by atoms with Gasteiger partial charge in [-0.2, -0.15) is 0 Å². The number of hydrogen-bond donors (Lipinski definition) is 1. The summed E-state index contributed by atoms with van der Waals surface area (Å²) in [6, 6.07) is 5.34. The molecule has 1 N–H and O–H groups in total. The van der Waals surface area contributed by atoms with Crippen LogP contribution in [0.1, 0.15) is 26.2 Å². The zero-order chi connectivity index (χ0) is 13.8. The van der Waals surface area contributed by atoms with Crippen LogP contribution < -0.4 is 15.0 Å². The molecule has 5 nitrogen and oxygen atoms in total. The van der Waals surface area contributed by atoms with Gasteiger partial charge in [-0.25, -0.2) is 0 Å². The molecule has 2 amide bonds. The normalized spacial score (nSPS) is 14.4. The fraction of sp³-hybridized carbons (Fsp3) is 0.429. The second kappa shape index (κ2) is 5.73. The smallest absolute Gasteiger partial charge is 0.230 e. The van der Waals surface area contributed by atoms with E-state index in [9.17, 15) is 9.59 Å². The molecule has 0 aliphatic carbocycles. The Morgan fingerprint density at radius 1 is 1.47 bits per heavy atom. The fourth-order valence-corrected chi connectivity index (χ4v) is 1.98. The fourth-order valence-electron chi connectivity index (χ4n) is 1.98. The van der Waals surface area contributed by atoms with Gasteiger partial charge < -0.3 is 15.0 Å². The van der Waals surface area contributed by atoms with Crippen molar-refractivity contribution in [3.8, 4) is 5.75 Å². The first kappa shape index (κ1) is 13.4. The number of nitrogens with one attached hydrogen (secondary N) is 1. The van der Waals surface area contributed by atoms with Crippen LogP contribution in [-0.4, -0.2) is 25.5 Å². The van der Waals surface area contributed by atoms with Gasteiger partial charge in [0.2, 0.25) is 11.8 Å². The number of anilines is 2. The van der Waals surface area contributed by atoms with Crippen molar-refractivity contribution in [3.05, 3.63) is 18.2 Å². The molecule has 1 aliphatic rings. The first-order chi connectivity index (χ1) is 9.11. The highest BCUT2D eigenvalue weighted by Gasteiger charge is 2.20. The molecule has 5 heteroatoms. The molecule has 19 heavy (non-hydrogen) atoms. The largest absolute Gasteiger partial charge is 0.491 e. The second-order valence-electron chi connectivity index (χ2n) is 4.53. The van der Waals surface area contributed by atoms with Gasteiger partial charge >= 0.3 is 0 Å². The van der Waals surface area contributed by atoms with Gasteiger partial charge in [0.1, 0.15) is 5.75 Å². The predicted molar refractivity (Wildman–Crippen MR) is 73.5 cm³/mol. The Hall–Kier alpha value is -2.04. The van der Waals surface area contributed by atoms with Crippen LogP contribution in [0.25, 0.3) is 0 Å². The van der Waals surface area contributed by atoms with Crippen molar-refractivity contribution in [2.45, 2.75) is 26.2 Å². The predicted octanol–water partition coefficient (Wildman–Crippen LogP) is 2.17. The van der Waals surface area contributed by atoms with E-state index in [1.165, 1.54) is 0 Å². The molecular weight excluding hydrogens is 244 g/mol. The maximum absolute atomic E-state index is 11.8. The van der Waals surface area contributed by atoms with E-state index in [1.807, 2.05) is 6.92 Å². The molecule has 102 valence electrons. The molecule has 1 heterocycles. The lowest BCUT2D eigenvalue weighted by molar-refractivity contribution is -0.118. The van der Waals surface area contributed by atoms with Gasteiger partial charge in [-0.15, -0.1) is 0 Å². The summed E-state index contributed by atoms with van der Waals surface area (Å²) < 4.78 is 5.52. The maximum Gasteiger partial charge on any atom is 0.230 e. The van der Waals surface area contributed by atoms with Crippen molar-refractivity contribution in [1.29, 1.82) is 0 Å². The van der Waals surface area contributed by atoms with Crippen LogP contribution in [0, 0.1) is 0 Å². The number of hydrogen-bond acceptors (Lipinski definition) is 3. The summed E-state index contributed by atoms with van der Waals surface area (Å²) in [6.07, 6.45) is 1.66. The highest BCUT2D eigenvalue weighted by Crippen LogP contribution is 2.33. The van der Waals surface area contributed by atoms with E-state index in [0.29, 0.717) is 36.6 Å². The summed E-state index contributed by atoms with van der Waals surface area (Å²) in [5.41, 5.74) is 1.37. The van der Waals surface area contributed by atoms with Crippen molar-refractivity contribution in [2.24, 2.45) is 0 Å². The monoisotopic (exact) mass is 262 g/mol. The quantitative estimate of drug-likeness (QED) is 0.908. The number of carbonyl (C=O) groups is 2. The third kappa shape index (κ3) is 3.05. The molecule has 0 aromatic heterocycles. The van der Waals surface area contributed by atoms with E-state index in [-0.39, 0.29) is 11.8 Å². The van der Waals surface area contributed by atoms with E-state index in [4.69, 9.17) is 4.74 Å². The van der Waals surface area contributed by atoms with E-state index in [2.05, 4.69) is 5.32 Å². The number of rotatable bonds is 3. The van der Waals surface area contributed by atoms with Gasteiger partial charge in [0.25, 0.3) is 0 Å². The highest BCUT2D eigenvalue weighted by atomic mass is 16.5. The average Bonchev–Trinajstić information content (AvgIpc) is 2.51. The molecule has 0 spiro atoms. The SMILES string of the molecule is CCCC(=O)Nc1ccc2c(c1)N(C)C(=O)CCO2. The van der Waals surface area contributed by atoms with E-state index >= 15 is 0 Å². The number of nitrogens with zero attached hydrogens (tertiary/aromatic N) is 1. The van der Waals surface area contributed by atoms with Gasteiger partial charge in [-0.3, -0.25) is 9.59 Å². The standard InChI is InChI=1S/C14H18N2O3/c1-3-4-13(17)15-10-5-6-12-11(9-10)16(2)14(18)7-8-19-12/h5-6,9H,3-4,7-8H2,1-2H3,(H,15,17). The molecular formula is C14H18N2O3. The van der Waals surface area contributed by atoms with E-state index < -0.39 is 0 Å². The Morgan fingerprint density at radius 2 is 2.26 bits per heavy atom. The minimum absolute atomic E-state index is 0.00999. The average molecular weight is 262 g/mol. The van der Waals surface area contributed by atoms with Crippen molar-refractivity contribution < 1.29 is 14.3 Å². The lowest BCUT2D eigenvalue weighted by atomic mass is 10.2. The molecule has 1 aromatic carbocycles. The molecule has 0 fully saturated rings. The van der Waals surface area contributed by atoms with Gasteiger partial charge in [-0.1, -0.05) is 6.92 Å². The Bertz CT molecular complexity index is 499.